The SMILES string of the molecule is N#Cc1ccc(-c2ccc(C(=N)OC(=N)c3ccccc3)cc2)cc1-c1cccc(-c2cccc(-c3nc(-c4ccccc4)cc(-c4ccccc4)n3)c2)c1. The molecule has 0 aliphatic rings. The van der Waals surface area contributed by atoms with Crippen molar-refractivity contribution >= 4 is 11.8 Å². The molecule has 55 heavy (non-hydrogen) atoms. The normalized spacial score (nSPS) is 10.7. The number of ether oxygens (including phenoxy) is 1. The summed E-state index contributed by atoms with van der Waals surface area (Å²) in [6.45, 7) is 0. The second kappa shape index (κ2) is 15.5. The molecule has 0 saturated carbocycles. The van der Waals surface area contributed by atoms with Gasteiger partial charge < -0.3 is 4.74 Å². The van der Waals surface area contributed by atoms with E-state index in [2.05, 4.69) is 54.6 Å². The highest BCUT2D eigenvalue weighted by atomic mass is 16.5. The van der Waals surface area contributed by atoms with Crippen molar-refractivity contribution in [3.05, 3.63) is 205 Å². The summed E-state index contributed by atoms with van der Waals surface area (Å²) in [6.07, 6.45) is 0. The quantitative estimate of drug-likeness (QED) is 0.121. The Labute approximate surface area is 319 Å². The summed E-state index contributed by atoms with van der Waals surface area (Å²) in [5.41, 5.74) is 12.0. The lowest BCUT2D eigenvalue weighted by Gasteiger charge is -2.12. The first-order chi connectivity index (χ1) is 27.0. The van der Waals surface area contributed by atoms with Gasteiger partial charge in [-0.3, -0.25) is 10.8 Å². The molecule has 6 heteroatoms. The molecule has 1 aromatic heterocycles. The Balaban J connectivity index is 1.09. The molecule has 0 bridgehead atoms. The smallest absolute Gasteiger partial charge is 0.221 e. The average Bonchev–Trinajstić information content (AvgIpc) is 3.27. The summed E-state index contributed by atoms with van der Waals surface area (Å²) < 4.78 is 5.53. The van der Waals surface area contributed by atoms with Gasteiger partial charge in [0.2, 0.25) is 11.8 Å². The minimum absolute atomic E-state index is 0.0804. The van der Waals surface area contributed by atoms with E-state index in [0.717, 1.165) is 61.5 Å². The fourth-order valence-electron chi connectivity index (χ4n) is 6.48. The molecule has 6 nitrogen and oxygen atoms in total. The first-order valence-electron chi connectivity index (χ1n) is 17.8. The van der Waals surface area contributed by atoms with Gasteiger partial charge in [-0.2, -0.15) is 5.26 Å². The number of nitrogens with zero attached hydrogens (tertiary/aromatic N) is 3. The van der Waals surface area contributed by atoms with E-state index < -0.39 is 0 Å². The van der Waals surface area contributed by atoms with E-state index in [1.807, 2.05) is 127 Å². The lowest BCUT2D eigenvalue weighted by Crippen LogP contribution is -2.12. The fourth-order valence-corrected chi connectivity index (χ4v) is 6.48. The molecule has 8 aromatic rings. The van der Waals surface area contributed by atoms with Crippen LogP contribution in [0.5, 0.6) is 0 Å². The van der Waals surface area contributed by atoms with Crippen LogP contribution in [-0.4, -0.2) is 21.8 Å². The van der Waals surface area contributed by atoms with Crippen molar-refractivity contribution in [2.75, 3.05) is 0 Å². The Morgan fingerprint density at radius 1 is 0.418 bits per heavy atom. The first kappa shape index (κ1) is 34.3. The molecule has 7 aromatic carbocycles. The molecule has 0 atom stereocenters. The average molecular weight is 708 g/mol. The lowest BCUT2D eigenvalue weighted by molar-refractivity contribution is 0.538. The summed E-state index contributed by atoms with van der Waals surface area (Å²) in [4.78, 5) is 10.1. The van der Waals surface area contributed by atoms with Crippen LogP contribution in [0.1, 0.15) is 16.7 Å². The zero-order chi connectivity index (χ0) is 37.6. The minimum Gasteiger partial charge on any atom is -0.421 e. The van der Waals surface area contributed by atoms with E-state index in [0.29, 0.717) is 22.5 Å². The molecule has 8 rings (SSSR count). The van der Waals surface area contributed by atoms with Crippen molar-refractivity contribution in [2.45, 2.75) is 0 Å². The van der Waals surface area contributed by atoms with Gasteiger partial charge in [0, 0.05) is 33.4 Å². The molecule has 0 amide bonds. The van der Waals surface area contributed by atoms with Gasteiger partial charge in [-0.25, -0.2) is 9.97 Å². The summed E-state index contributed by atoms with van der Waals surface area (Å²) >= 11 is 0. The summed E-state index contributed by atoms with van der Waals surface area (Å²) in [7, 11) is 0. The Morgan fingerprint density at radius 3 is 1.45 bits per heavy atom. The van der Waals surface area contributed by atoms with Crippen LogP contribution in [0, 0.1) is 22.1 Å². The Hall–Kier alpha value is -7.75. The van der Waals surface area contributed by atoms with Crippen LogP contribution in [0.25, 0.3) is 67.3 Å². The molecule has 1 heterocycles. The van der Waals surface area contributed by atoms with Crippen molar-refractivity contribution in [3.8, 4) is 73.4 Å². The number of rotatable bonds is 8. The number of nitrogens with one attached hydrogen (secondary N) is 2. The highest BCUT2D eigenvalue weighted by Crippen LogP contribution is 2.34. The van der Waals surface area contributed by atoms with E-state index in [1.54, 1.807) is 12.1 Å². The minimum atomic E-state index is -0.103. The van der Waals surface area contributed by atoms with Crippen LogP contribution in [-0.2, 0) is 4.74 Å². The standard InChI is InChI=1S/C49H33N5O/c50-32-43-27-26-40(33-22-24-37(25-23-33)48(52)55-47(51)36-16-8-3-9-17-36)30-44(43)41-20-10-18-38(28-41)39-19-11-21-42(29-39)49-53-45(34-12-4-1-5-13-34)31-46(54-49)35-14-6-2-7-15-35/h1-31,51-52H. The van der Waals surface area contributed by atoms with Crippen LogP contribution in [0.3, 0.4) is 0 Å². The van der Waals surface area contributed by atoms with Crippen LogP contribution in [0.15, 0.2) is 188 Å². The molecule has 260 valence electrons. The van der Waals surface area contributed by atoms with E-state index >= 15 is 0 Å². The van der Waals surface area contributed by atoms with E-state index in [-0.39, 0.29) is 11.8 Å². The third-order valence-corrected chi connectivity index (χ3v) is 9.35. The van der Waals surface area contributed by atoms with Crippen molar-refractivity contribution in [2.24, 2.45) is 0 Å². The van der Waals surface area contributed by atoms with Gasteiger partial charge in [-0.05, 0) is 82.4 Å². The molecule has 0 fully saturated rings. The molecular formula is C49H33N5O. The zero-order valence-electron chi connectivity index (χ0n) is 29.6. The van der Waals surface area contributed by atoms with Gasteiger partial charge >= 0.3 is 0 Å². The van der Waals surface area contributed by atoms with Gasteiger partial charge in [0.15, 0.2) is 5.82 Å². The Bertz CT molecular complexity index is 2650. The van der Waals surface area contributed by atoms with Crippen molar-refractivity contribution < 1.29 is 4.74 Å². The Kier molecular flexibility index (Phi) is 9.66. The van der Waals surface area contributed by atoms with Gasteiger partial charge in [-0.15, -0.1) is 0 Å². The third-order valence-electron chi connectivity index (χ3n) is 9.35. The molecule has 0 aliphatic heterocycles. The molecule has 0 saturated heterocycles. The third kappa shape index (κ3) is 7.59. The molecule has 0 unspecified atom stereocenters. The maximum Gasteiger partial charge on any atom is 0.221 e. The molecular weight excluding hydrogens is 675 g/mol. The van der Waals surface area contributed by atoms with E-state index in [1.165, 1.54) is 0 Å². The zero-order valence-corrected chi connectivity index (χ0v) is 29.6. The Morgan fingerprint density at radius 2 is 0.873 bits per heavy atom. The summed E-state index contributed by atoms with van der Waals surface area (Å²) in [6, 6.07) is 63.5. The van der Waals surface area contributed by atoms with Crippen LogP contribution in [0.2, 0.25) is 0 Å². The van der Waals surface area contributed by atoms with Crippen LogP contribution in [0.4, 0.5) is 0 Å². The van der Waals surface area contributed by atoms with Gasteiger partial charge in [0.25, 0.3) is 0 Å². The number of benzene rings is 7. The predicted octanol–water partition coefficient (Wildman–Crippen LogP) is 11.7. The van der Waals surface area contributed by atoms with Gasteiger partial charge in [0.1, 0.15) is 0 Å². The topological polar surface area (TPSA) is 106 Å². The molecule has 0 radical (unpaired) electrons. The first-order valence-corrected chi connectivity index (χ1v) is 17.8. The van der Waals surface area contributed by atoms with Crippen molar-refractivity contribution in [3.63, 3.8) is 0 Å². The van der Waals surface area contributed by atoms with Crippen LogP contribution >= 0.6 is 0 Å². The number of hydrogen-bond donors (Lipinski definition) is 2. The van der Waals surface area contributed by atoms with Gasteiger partial charge in [0.05, 0.1) is 23.0 Å². The summed E-state index contributed by atoms with van der Waals surface area (Å²) in [5.74, 6) is 0.455. The maximum atomic E-state index is 10.1. The number of aromatic nitrogens is 2. The highest BCUT2D eigenvalue weighted by molar-refractivity contribution is 6.04. The number of hydrogen-bond acceptors (Lipinski definition) is 6. The summed E-state index contributed by atoms with van der Waals surface area (Å²) in [5, 5.41) is 26.8. The molecule has 0 spiro atoms. The van der Waals surface area contributed by atoms with Crippen LogP contribution < -0.4 is 0 Å². The molecule has 2 N–H and O–H groups in total. The maximum absolute atomic E-state index is 10.1. The lowest BCUT2D eigenvalue weighted by atomic mass is 9.92. The molecule has 0 aliphatic carbocycles. The van der Waals surface area contributed by atoms with E-state index in [4.69, 9.17) is 25.5 Å². The van der Waals surface area contributed by atoms with Gasteiger partial charge in [-0.1, -0.05) is 133 Å². The predicted molar refractivity (Wildman–Crippen MR) is 221 cm³/mol. The monoisotopic (exact) mass is 707 g/mol. The van der Waals surface area contributed by atoms with Crippen molar-refractivity contribution in [1.29, 1.82) is 16.1 Å². The fraction of sp³-hybridized carbons (Fsp3) is 0. The number of nitriles is 1. The van der Waals surface area contributed by atoms with Crippen molar-refractivity contribution in [1.82, 2.24) is 9.97 Å². The largest absolute Gasteiger partial charge is 0.421 e. The second-order valence-electron chi connectivity index (χ2n) is 12.9. The van der Waals surface area contributed by atoms with E-state index in [9.17, 15) is 5.26 Å². The second-order valence-corrected chi connectivity index (χ2v) is 12.9. The highest BCUT2D eigenvalue weighted by Gasteiger charge is 2.14.